The zero-order valence-electron chi connectivity index (χ0n) is 17.7. The predicted octanol–water partition coefficient (Wildman–Crippen LogP) is 4.92. The number of nitrogens with zero attached hydrogens (tertiary/aromatic N) is 1. The quantitative estimate of drug-likeness (QED) is 0.293. The molecule has 33 heavy (non-hydrogen) atoms. The molecule has 0 saturated carbocycles. The van der Waals surface area contributed by atoms with Crippen LogP contribution in [0.5, 0.6) is 17.2 Å². The molecule has 0 aromatic heterocycles. The Balaban J connectivity index is 1.52. The van der Waals surface area contributed by atoms with Crippen molar-refractivity contribution in [3.8, 4) is 17.2 Å². The summed E-state index contributed by atoms with van der Waals surface area (Å²) >= 11 is 6.05. The summed E-state index contributed by atoms with van der Waals surface area (Å²) in [7, 11) is 2.99. The first-order valence-corrected chi connectivity index (χ1v) is 10.2. The second-order valence-corrected chi connectivity index (χ2v) is 7.28. The highest BCUT2D eigenvalue weighted by Crippen LogP contribution is 2.28. The first-order chi connectivity index (χ1) is 16.0. The largest absolute Gasteiger partial charge is 0.496 e. The van der Waals surface area contributed by atoms with Gasteiger partial charge in [-0.05, 0) is 54.1 Å². The van der Waals surface area contributed by atoms with Crippen LogP contribution in [-0.2, 0) is 9.53 Å². The van der Waals surface area contributed by atoms with E-state index in [4.69, 9.17) is 30.5 Å². The molecule has 0 bridgehead atoms. The highest BCUT2D eigenvalue weighted by atomic mass is 35.5. The molecule has 8 heteroatoms. The Morgan fingerprint density at radius 3 is 2.42 bits per heavy atom. The van der Waals surface area contributed by atoms with E-state index in [0.29, 0.717) is 39.0 Å². The second-order valence-electron chi connectivity index (χ2n) is 6.84. The van der Waals surface area contributed by atoms with Crippen LogP contribution >= 0.6 is 11.6 Å². The molecule has 3 aromatic rings. The van der Waals surface area contributed by atoms with E-state index in [1.807, 2.05) is 0 Å². The fourth-order valence-corrected chi connectivity index (χ4v) is 3.31. The number of esters is 2. The number of carbonyl (C=O) groups excluding carboxylic acids is 2. The minimum Gasteiger partial charge on any atom is -0.496 e. The molecule has 0 fully saturated rings. The van der Waals surface area contributed by atoms with Crippen molar-refractivity contribution >= 4 is 35.5 Å². The normalized spacial score (nSPS) is 14.0. The topological polar surface area (TPSA) is 83.4 Å². The van der Waals surface area contributed by atoms with E-state index in [0.717, 1.165) is 0 Å². The number of methoxy groups -OCH3 is 2. The van der Waals surface area contributed by atoms with Gasteiger partial charge in [0.25, 0.3) is 0 Å². The van der Waals surface area contributed by atoms with Gasteiger partial charge in [-0.15, -0.1) is 0 Å². The fourth-order valence-electron chi connectivity index (χ4n) is 3.14. The van der Waals surface area contributed by atoms with Crippen molar-refractivity contribution in [2.75, 3.05) is 14.2 Å². The van der Waals surface area contributed by atoms with E-state index in [9.17, 15) is 9.59 Å². The minimum atomic E-state index is -0.598. The summed E-state index contributed by atoms with van der Waals surface area (Å²) in [6.45, 7) is 0. The van der Waals surface area contributed by atoms with Gasteiger partial charge in [0.2, 0.25) is 5.90 Å². The summed E-state index contributed by atoms with van der Waals surface area (Å²) in [4.78, 5) is 29.0. The lowest BCUT2D eigenvalue weighted by molar-refractivity contribution is -0.129. The highest BCUT2D eigenvalue weighted by molar-refractivity contribution is 6.31. The van der Waals surface area contributed by atoms with Crippen LogP contribution in [-0.4, -0.2) is 32.1 Å². The van der Waals surface area contributed by atoms with Gasteiger partial charge < -0.3 is 18.9 Å². The third-order valence-electron chi connectivity index (χ3n) is 4.73. The molecule has 0 amide bonds. The van der Waals surface area contributed by atoms with Crippen molar-refractivity contribution in [2.24, 2.45) is 4.99 Å². The first-order valence-electron chi connectivity index (χ1n) is 9.80. The van der Waals surface area contributed by atoms with Gasteiger partial charge in [-0.25, -0.2) is 14.6 Å². The molecule has 0 unspecified atom stereocenters. The number of hydrogen-bond acceptors (Lipinski definition) is 7. The lowest BCUT2D eigenvalue weighted by Crippen LogP contribution is -2.09. The van der Waals surface area contributed by atoms with Crippen LogP contribution in [0, 0.1) is 0 Å². The average molecular weight is 464 g/mol. The summed E-state index contributed by atoms with van der Waals surface area (Å²) in [5.74, 6) is 0.214. The number of hydrogen-bond donors (Lipinski definition) is 0. The molecular weight excluding hydrogens is 446 g/mol. The number of benzene rings is 3. The second kappa shape index (κ2) is 9.58. The van der Waals surface area contributed by atoms with Crippen molar-refractivity contribution in [1.82, 2.24) is 0 Å². The highest BCUT2D eigenvalue weighted by Gasteiger charge is 2.26. The summed E-state index contributed by atoms with van der Waals surface area (Å²) in [6, 6.07) is 18.4. The summed E-state index contributed by atoms with van der Waals surface area (Å²) in [6.07, 6.45) is 1.57. The van der Waals surface area contributed by atoms with Crippen LogP contribution in [0.1, 0.15) is 21.5 Å². The van der Waals surface area contributed by atoms with E-state index in [2.05, 4.69) is 4.99 Å². The Bertz CT molecular complexity index is 1280. The Labute approximate surface area is 194 Å². The van der Waals surface area contributed by atoms with Gasteiger partial charge in [0.1, 0.15) is 22.8 Å². The SMILES string of the molecule is COc1ccccc1C(=O)Oc1ccc(/C=C2/N=C(c3cc(Cl)ccc3OC)OC2=O)cc1. The molecule has 0 N–H and O–H groups in total. The van der Waals surface area contributed by atoms with E-state index >= 15 is 0 Å². The summed E-state index contributed by atoms with van der Waals surface area (Å²) in [5, 5.41) is 0.459. The molecule has 0 radical (unpaired) electrons. The molecule has 4 rings (SSSR count). The van der Waals surface area contributed by atoms with Crippen LogP contribution in [0.3, 0.4) is 0 Å². The Kier molecular flexibility index (Phi) is 6.42. The van der Waals surface area contributed by atoms with Gasteiger partial charge in [-0.3, -0.25) is 0 Å². The lowest BCUT2D eigenvalue weighted by Gasteiger charge is -2.08. The molecular formula is C25H18ClNO6. The molecule has 0 atom stereocenters. The summed E-state index contributed by atoms with van der Waals surface area (Å²) in [5.41, 5.74) is 1.58. The third-order valence-corrected chi connectivity index (χ3v) is 4.97. The Hall–Kier alpha value is -4.10. The lowest BCUT2D eigenvalue weighted by atomic mass is 10.2. The van der Waals surface area contributed by atoms with Crippen molar-refractivity contribution in [1.29, 1.82) is 0 Å². The van der Waals surface area contributed by atoms with E-state index in [-0.39, 0.29) is 11.6 Å². The van der Waals surface area contributed by atoms with Gasteiger partial charge in [0, 0.05) is 5.02 Å². The number of halogens is 1. The smallest absolute Gasteiger partial charge is 0.363 e. The average Bonchev–Trinajstić information content (AvgIpc) is 3.20. The molecule has 0 spiro atoms. The van der Waals surface area contributed by atoms with Gasteiger partial charge in [0.05, 0.1) is 19.8 Å². The maximum absolute atomic E-state index is 12.4. The predicted molar refractivity (Wildman–Crippen MR) is 123 cm³/mol. The minimum absolute atomic E-state index is 0.105. The summed E-state index contributed by atoms with van der Waals surface area (Å²) < 4.78 is 21.2. The first kappa shape index (κ1) is 22.1. The molecule has 166 valence electrons. The van der Waals surface area contributed by atoms with E-state index in [1.54, 1.807) is 72.8 Å². The van der Waals surface area contributed by atoms with Gasteiger partial charge >= 0.3 is 11.9 Å². The van der Waals surface area contributed by atoms with Crippen LogP contribution in [0.4, 0.5) is 0 Å². The van der Waals surface area contributed by atoms with Crippen LogP contribution in [0.15, 0.2) is 77.4 Å². The molecule has 1 heterocycles. The molecule has 0 aliphatic carbocycles. The maximum atomic E-state index is 12.4. The molecule has 3 aromatic carbocycles. The monoisotopic (exact) mass is 463 g/mol. The number of rotatable bonds is 6. The van der Waals surface area contributed by atoms with Crippen LogP contribution < -0.4 is 14.2 Å². The number of ether oxygens (including phenoxy) is 4. The van der Waals surface area contributed by atoms with Crippen molar-refractivity contribution in [3.05, 3.63) is 94.1 Å². The van der Waals surface area contributed by atoms with Crippen LogP contribution in [0.25, 0.3) is 6.08 Å². The fraction of sp³-hybridized carbons (Fsp3) is 0.0800. The van der Waals surface area contributed by atoms with Gasteiger partial charge in [-0.2, -0.15) is 0 Å². The Morgan fingerprint density at radius 1 is 0.970 bits per heavy atom. The van der Waals surface area contributed by atoms with E-state index < -0.39 is 11.9 Å². The van der Waals surface area contributed by atoms with E-state index in [1.165, 1.54) is 14.2 Å². The number of cyclic esters (lactones) is 1. The van der Waals surface area contributed by atoms with Crippen molar-refractivity contribution in [3.63, 3.8) is 0 Å². The van der Waals surface area contributed by atoms with Gasteiger partial charge in [-0.1, -0.05) is 35.9 Å². The van der Waals surface area contributed by atoms with Crippen LogP contribution in [0.2, 0.25) is 5.02 Å². The Morgan fingerprint density at radius 2 is 1.70 bits per heavy atom. The molecule has 7 nitrogen and oxygen atoms in total. The molecule has 0 saturated heterocycles. The standard InChI is InChI=1S/C25H18ClNO6/c1-30-21-6-4-3-5-18(21)24(28)32-17-10-7-15(8-11-17)13-20-25(29)33-23(27-20)19-14-16(26)9-12-22(19)31-2/h3-14H,1-2H3/b20-13+. The zero-order valence-corrected chi connectivity index (χ0v) is 18.5. The third kappa shape index (κ3) is 4.88. The number of carbonyl (C=O) groups is 2. The zero-order chi connectivity index (χ0) is 23.4. The molecule has 1 aliphatic heterocycles. The van der Waals surface area contributed by atoms with Crippen molar-refractivity contribution in [2.45, 2.75) is 0 Å². The molecule has 1 aliphatic rings. The van der Waals surface area contributed by atoms with Crippen molar-refractivity contribution < 1.29 is 28.5 Å². The number of aliphatic imine (C=N–C) groups is 1. The van der Waals surface area contributed by atoms with Gasteiger partial charge in [0.15, 0.2) is 5.70 Å². The maximum Gasteiger partial charge on any atom is 0.363 e. The number of para-hydroxylation sites is 1.